The second-order valence-corrected chi connectivity index (χ2v) is 5.91. The number of rotatable bonds is 4. The fourth-order valence-electron chi connectivity index (χ4n) is 3.07. The van der Waals surface area contributed by atoms with Gasteiger partial charge in [0.2, 0.25) is 5.82 Å². The number of nitrogens with zero attached hydrogens (tertiary/aromatic N) is 1. The van der Waals surface area contributed by atoms with E-state index in [1.807, 2.05) is 72.8 Å². The van der Waals surface area contributed by atoms with Crippen LogP contribution in [-0.2, 0) is 0 Å². The molecule has 3 N–H and O–H groups in total. The number of H-pyrrole nitrogens is 2. The lowest BCUT2D eigenvalue weighted by atomic mass is 9.93. The first-order valence-corrected chi connectivity index (χ1v) is 8.20. The van der Waals surface area contributed by atoms with Crippen molar-refractivity contribution in [3.63, 3.8) is 0 Å². The first kappa shape index (κ1) is 15.8. The molecule has 6 heteroatoms. The zero-order valence-electron chi connectivity index (χ0n) is 13.8. The van der Waals surface area contributed by atoms with Gasteiger partial charge in [-0.25, -0.2) is 9.89 Å². The van der Waals surface area contributed by atoms with E-state index < -0.39 is 11.6 Å². The van der Waals surface area contributed by atoms with Crippen LogP contribution in [0.3, 0.4) is 0 Å². The molecule has 0 aliphatic rings. The summed E-state index contributed by atoms with van der Waals surface area (Å²) in [5.74, 6) is -0.499. The Balaban J connectivity index is 1.81. The van der Waals surface area contributed by atoms with Gasteiger partial charge in [0.15, 0.2) is 0 Å². The molecule has 0 saturated carbocycles. The van der Waals surface area contributed by atoms with Crippen molar-refractivity contribution in [2.24, 2.45) is 0 Å². The summed E-state index contributed by atoms with van der Waals surface area (Å²) in [4.78, 5) is 26.2. The van der Waals surface area contributed by atoms with Crippen molar-refractivity contribution in [1.29, 1.82) is 0 Å². The van der Waals surface area contributed by atoms with Crippen molar-refractivity contribution in [2.75, 3.05) is 0 Å². The molecule has 128 valence electrons. The van der Waals surface area contributed by atoms with E-state index in [2.05, 4.69) is 20.5 Å². The summed E-state index contributed by atoms with van der Waals surface area (Å²) in [7, 11) is 0. The van der Waals surface area contributed by atoms with E-state index in [4.69, 9.17) is 0 Å². The number of hydrogen-bond acceptors (Lipinski definition) is 3. The molecular formula is C20H16N4O2. The highest BCUT2D eigenvalue weighted by molar-refractivity contribution is 5.92. The maximum absolute atomic E-state index is 12.6. The van der Waals surface area contributed by atoms with E-state index in [9.17, 15) is 9.59 Å². The van der Waals surface area contributed by atoms with Crippen molar-refractivity contribution in [2.45, 2.75) is 6.04 Å². The predicted molar refractivity (Wildman–Crippen MR) is 98.9 cm³/mol. The van der Waals surface area contributed by atoms with Crippen LogP contribution in [-0.4, -0.2) is 21.1 Å². The fourth-order valence-corrected chi connectivity index (χ4v) is 3.07. The van der Waals surface area contributed by atoms with Gasteiger partial charge in [-0.15, -0.1) is 5.10 Å². The molecule has 1 atom stereocenters. The number of carbonyl (C=O) groups is 1. The summed E-state index contributed by atoms with van der Waals surface area (Å²) < 4.78 is 0. The molecule has 0 aliphatic carbocycles. The Morgan fingerprint density at radius 3 is 2.42 bits per heavy atom. The number of aromatic amines is 2. The lowest BCUT2D eigenvalue weighted by molar-refractivity contribution is 0.0933. The van der Waals surface area contributed by atoms with Gasteiger partial charge in [0.1, 0.15) is 0 Å². The normalized spacial score (nSPS) is 12.0. The molecule has 1 heterocycles. The van der Waals surface area contributed by atoms with Crippen LogP contribution in [0.4, 0.5) is 0 Å². The molecule has 0 saturated heterocycles. The minimum atomic E-state index is -0.517. The van der Waals surface area contributed by atoms with Gasteiger partial charge in [-0.2, -0.15) is 0 Å². The molecule has 1 amide bonds. The van der Waals surface area contributed by atoms with E-state index in [0.29, 0.717) is 0 Å². The third-order valence-electron chi connectivity index (χ3n) is 4.26. The Kier molecular flexibility index (Phi) is 4.07. The lowest BCUT2D eigenvalue weighted by Gasteiger charge is -2.21. The maximum Gasteiger partial charge on any atom is 0.341 e. The second-order valence-electron chi connectivity index (χ2n) is 5.91. The SMILES string of the molecule is O=C(N[C@@H](c1ccccc1)c1cccc2ccccc12)c1n[nH]c(=O)[nH]1. The van der Waals surface area contributed by atoms with E-state index in [0.717, 1.165) is 21.9 Å². The van der Waals surface area contributed by atoms with Gasteiger partial charge >= 0.3 is 5.69 Å². The number of carbonyl (C=O) groups excluding carboxylic acids is 1. The van der Waals surface area contributed by atoms with E-state index in [1.54, 1.807) is 0 Å². The average Bonchev–Trinajstić information content (AvgIpc) is 3.13. The topological polar surface area (TPSA) is 90.6 Å². The van der Waals surface area contributed by atoms with Crippen LogP contribution in [0.1, 0.15) is 27.8 Å². The van der Waals surface area contributed by atoms with Gasteiger partial charge in [-0.3, -0.25) is 9.78 Å². The Morgan fingerprint density at radius 2 is 1.65 bits per heavy atom. The number of amides is 1. The summed E-state index contributed by atoms with van der Waals surface area (Å²) in [6.45, 7) is 0. The monoisotopic (exact) mass is 344 g/mol. The number of aromatic nitrogens is 3. The zero-order chi connectivity index (χ0) is 17.9. The molecule has 4 aromatic rings. The van der Waals surface area contributed by atoms with Crippen molar-refractivity contribution >= 4 is 16.7 Å². The Morgan fingerprint density at radius 1 is 0.923 bits per heavy atom. The van der Waals surface area contributed by atoms with E-state index >= 15 is 0 Å². The van der Waals surface area contributed by atoms with Gasteiger partial charge in [0.05, 0.1) is 6.04 Å². The molecule has 0 fully saturated rings. The summed E-state index contributed by atoms with van der Waals surface area (Å²) >= 11 is 0. The van der Waals surface area contributed by atoms with Crippen molar-refractivity contribution in [3.05, 3.63) is 100 Å². The molecule has 6 nitrogen and oxygen atoms in total. The van der Waals surface area contributed by atoms with E-state index in [1.165, 1.54) is 0 Å². The Bertz CT molecular complexity index is 1110. The summed E-state index contributed by atoms with van der Waals surface area (Å²) in [6.07, 6.45) is 0. The minimum absolute atomic E-state index is 0.0452. The van der Waals surface area contributed by atoms with Crippen LogP contribution in [0.2, 0.25) is 0 Å². The lowest BCUT2D eigenvalue weighted by Crippen LogP contribution is -2.30. The summed E-state index contributed by atoms with van der Waals surface area (Å²) in [5.41, 5.74) is 1.40. The molecule has 26 heavy (non-hydrogen) atoms. The molecule has 0 aliphatic heterocycles. The van der Waals surface area contributed by atoms with Gasteiger partial charge in [0.25, 0.3) is 5.91 Å². The van der Waals surface area contributed by atoms with Crippen molar-refractivity contribution in [1.82, 2.24) is 20.5 Å². The number of nitrogens with one attached hydrogen (secondary N) is 3. The maximum atomic E-state index is 12.6. The van der Waals surface area contributed by atoms with Gasteiger partial charge in [-0.05, 0) is 21.9 Å². The number of hydrogen-bond donors (Lipinski definition) is 3. The Labute approximate surface area is 148 Å². The van der Waals surface area contributed by atoms with Crippen LogP contribution in [0, 0.1) is 0 Å². The third-order valence-corrected chi connectivity index (χ3v) is 4.26. The predicted octanol–water partition coefficient (Wildman–Crippen LogP) is 2.77. The van der Waals surface area contributed by atoms with Crippen LogP contribution < -0.4 is 11.0 Å². The highest BCUT2D eigenvalue weighted by Gasteiger charge is 2.21. The molecular weight excluding hydrogens is 328 g/mol. The first-order chi connectivity index (χ1) is 12.7. The fraction of sp³-hybridized carbons (Fsp3) is 0.0500. The van der Waals surface area contributed by atoms with Crippen LogP contribution in [0.25, 0.3) is 10.8 Å². The van der Waals surface area contributed by atoms with Crippen LogP contribution in [0.5, 0.6) is 0 Å². The summed E-state index contributed by atoms with van der Waals surface area (Å²) in [5, 5.41) is 11.0. The number of fused-ring (bicyclic) bond motifs is 1. The van der Waals surface area contributed by atoms with Crippen molar-refractivity contribution < 1.29 is 4.79 Å². The molecule has 3 aromatic carbocycles. The third kappa shape index (κ3) is 3.00. The van der Waals surface area contributed by atoms with Crippen LogP contribution in [0.15, 0.2) is 77.6 Å². The number of benzene rings is 3. The first-order valence-electron chi connectivity index (χ1n) is 8.20. The van der Waals surface area contributed by atoms with Gasteiger partial charge in [0, 0.05) is 0 Å². The smallest absolute Gasteiger partial charge is 0.338 e. The van der Waals surface area contributed by atoms with Gasteiger partial charge in [-0.1, -0.05) is 72.8 Å². The van der Waals surface area contributed by atoms with E-state index in [-0.39, 0.29) is 11.9 Å². The largest absolute Gasteiger partial charge is 0.341 e. The quantitative estimate of drug-likeness (QED) is 0.532. The van der Waals surface area contributed by atoms with Crippen LogP contribution >= 0.6 is 0 Å². The molecule has 0 radical (unpaired) electrons. The highest BCUT2D eigenvalue weighted by Crippen LogP contribution is 2.29. The zero-order valence-corrected chi connectivity index (χ0v) is 13.8. The average molecular weight is 344 g/mol. The minimum Gasteiger partial charge on any atom is -0.338 e. The molecule has 0 unspecified atom stereocenters. The Hall–Kier alpha value is -3.67. The molecule has 4 rings (SSSR count). The van der Waals surface area contributed by atoms with Crippen molar-refractivity contribution in [3.8, 4) is 0 Å². The van der Waals surface area contributed by atoms with Gasteiger partial charge < -0.3 is 5.32 Å². The molecule has 0 spiro atoms. The second kappa shape index (κ2) is 6.68. The highest BCUT2D eigenvalue weighted by atomic mass is 16.2. The molecule has 1 aromatic heterocycles. The molecule has 0 bridgehead atoms. The standard InChI is InChI=1S/C20H16N4O2/c25-19(18-22-20(26)24-23-18)21-17(14-8-2-1-3-9-14)16-12-6-10-13-7-4-5-11-15(13)16/h1-12,17H,(H,21,25)(H2,22,23,24,26)/t17-/m0/s1. The summed E-state index contributed by atoms with van der Waals surface area (Å²) in [6, 6.07) is 23.3.